The number of halogens is 1. The van der Waals surface area contributed by atoms with E-state index in [1.54, 1.807) is 0 Å². The predicted molar refractivity (Wildman–Crippen MR) is 67.0 cm³/mol. The Labute approximate surface area is 106 Å². The number of ether oxygens (including phenoxy) is 1. The number of aliphatic hydroxyl groups is 1. The number of hydrogen-bond acceptors (Lipinski definition) is 4. The third-order valence-electron chi connectivity index (χ3n) is 3.29. The monoisotopic (exact) mass is 254 g/mol. The SMILES string of the molecule is CCC1COC(C)CN1c1ncc(F)cc1CO. The molecule has 1 aliphatic rings. The quantitative estimate of drug-likeness (QED) is 0.892. The van der Waals surface area contributed by atoms with Crippen LogP contribution in [0.3, 0.4) is 0 Å². The highest BCUT2D eigenvalue weighted by atomic mass is 19.1. The Morgan fingerprint density at radius 2 is 2.39 bits per heavy atom. The van der Waals surface area contributed by atoms with Crippen LogP contribution in [0.5, 0.6) is 0 Å². The van der Waals surface area contributed by atoms with Crippen LogP contribution in [0.25, 0.3) is 0 Å². The van der Waals surface area contributed by atoms with Crippen LogP contribution in [-0.4, -0.2) is 35.4 Å². The molecule has 2 rings (SSSR count). The van der Waals surface area contributed by atoms with E-state index >= 15 is 0 Å². The first-order valence-corrected chi connectivity index (χ1v) is 6.29. The second kappa shape index (κ2) is 5.63. The Hall–Kier alpha value is -1.20. The summed E-state index contributed by atoms with van der Waals surface area (Å²) in [7, 11) is 0. The maximum atomic E-state index is 13.1. The number of rotatable bonds is 3. The summed E-state index contributed by atoms with van der Waals surface area (Å²) in [6.07, 6.45) is 2.24. The maximum absolute atomic E-state index is 13.1. The van der Waals surface area contributed by atoms with Gasteiger partial charge in [0.1, 0.15) is 11.6 Å². The number of hydrogen-bond donors (Lipinski definition) is 1. The van der Waals surface area contributed by atoms with Crippen molar-refractivity contribution in [1.29, 1.82) is 0 Å². The zero-order valence-electron chi connectivity index (χ0n) is 10.8. The van der Waals surface area contributed by atoms with Crippen LogP contribution in [0, 0.1) is 5.82 Å². The molecule has 0 radical (unpaired) electrons. The predicted octanol–water partition coefficient (Wildman–Crippen LogP) is 1.72. The van der Waals surface area contributed by atoms with Crippen LogP contribution >= 0.6 is 0 Å². The molecule has 0 aliphatic carbocycles. The number of pyridine rings is 1. The van der Waals surface area contributed by atoms with Crippen molar-refractivity contribution in [2.45, 2.75) is 39.0 Å². The molecule has 1 aromatic heterocycles. The summed E-state index contributed by atoms with van der Waals surface area (Å²) in [5.41, 5.74) is 0.530. The molecule has 5 heteroatoms. The molecule has 0 aromatic carbocycles. The van der Waals surface area contributed by atoms with Crippen LogP contribution in [0.2, 0.25) is 0 Å². The number of anilines is 1. The third kappa shape index (κ3) is 2.62. The first-order chi connectivity index (χ1) is 8.65. The molecular weight excluding hydrogens is 235 g/mol. The minimum absolute atomic E-state index is 0.117. The van der Waals surface area contributed by atoms with Gasteiger partial charge in [-0.3, -0.25) is 0 Å². The van der Waals surface area contributed by atoms with Gasteiger partial charge < -0.3 is 14.7 Å². The van der Waals surface area contributed by atoms with Gasteiger partial charge in [0.15, 0.2) is 0 Å². The van der Waals surface area contributed by atoms with Crippen molar-refractivity contribution in [3.63, 3.8) is 0 Å². The Balaban J connectivity index is 2.32. The number of aliphatic hydroxyl groups excluding tert-OH is 1. The van der Waals surface area contributed by atoms with Crippen LogP contribution in [-0.2, 0) is 11.3 Å². The van der Waals surface area contributed by atoms with Gasteiger partial charge in [-0.2, -0.15) is 0 Å². The van der Waals surface area contributed by atoms with E-state index in [2.05, 4.69) is 16.8 Å². The minimum atomic E-state index is -0.419. The lowest BCUT2D eigenvalue weighted by Gasteiger charge is -2.39. The first kappa shape index (κ1) is 13.2. The van der Waals surface area contributed by atoms with E-state index in [-0.39, 0.29) is 18.8 Å². The van der Waals surface area contributed by atoms with Crippen molar-refractivity contribution < 1.29 is 14.2 Å². The summed E-state index contributed by atoms with van der Waals surface area (Å²) < 4.78 is 18.8. The van der Waals surface area contributed by atoms with Crippen LogP contribution in [0.15, 0.2) is 12.3 Å². The third-order valence-corrected chi connectivity index (χ3v) is 3.29. The van der Waals surface area contributed by atoms with E-state index in [9.17, 15) is 9.50 Å². The van der Waals surface area contributed by atoms with Gasteiger partial charge in [-0.15, -0.1) is 0 Å². The topological polar surface area (TPSA) is 45.6 Å². The lowest BCUT2D eigenvalue weighted by atomic mass is 10.1. The summed E-state index contributed by atoms with van der Waals surface area (Å²) in [5, 5.41) is 9.33. The van der Waals surface area contributed by atoms with Gasteiger partial charge in [0, 0.05) is 12.1 Å². The first-order valence-electron chi connectivity index (χ1n) is 6.29. The smallest absolute Gasteiger partial charge is 0.142 e. The second-order valence-corrected chi connectivity index (χ2v) is 4.65. The van der Waals surface area contributed by atoms with E-state index in [1.165, 1.54) is 12.3 Å². The molecule has 1 N–H and O–H groups in total. The standard InChI is InChI=1S/C13H19FN2O2/c1-3-12-8-18-9(2)6-16(12)13-10(7-17)4-11(14)5-15-13/h4-5,9,12,17H,3,6-8H2,1-2H3. The molecule has 1 saturated heterocycles. The maximum Gasteiger partial charge on any atom is 0.142 e. The van der Waals surface area contributed by atoms with Crippen molar-refractivity contribution in [1.82, 2.24) is 4.98 Å². The zero-order valence-corrected chi connectivity index (χ0v) is 10.8. The molecule has 100 valence electrons. The van der Waals surface area contributed by atoms with Gasteiger partial charge in [-0.05, 0) is 19.4 Å². The molecule has 0 amide bonds. The summed E-state index contributed by atoms with van der Waals surface area (Å²) >= 11 is 0. The fourth-order valence-corrected chi connectivity index (χ4v) is 2.29. The second-order valence-electron chi connectivity index (χ2n) is 4.65. The molecule has 4 nitrogen and oxygen atoms in total. The van der Waals surface area contributed by atoms with E-state index < -0.39 is 5.82 Å². The molecule has 1 aromatic rings. The van der Waals surface area contributed by atoms with Gasteiger partial charge in [0.05, 0.1) is 31.6 Å². The van der Waals surface area contributed by atoms with E-state index in [0.717, 1.165) is 6.42 Å². The molecule has 2 unspecified atom stereocenters. The highest BCUT2D eigenvalue weighted by Crippen LogP contribution is 2.25. The average Bonchev–Trinajstić information content (AvgIpc) is 2.38. The number of morpholine rings is 1. The fourth-order valence-electron chi connectivity index (χ4n) is 2.29. The van der Waals surface area contributed by atoms with Crippen molar-refractivity contribution in [2.75, 3.05) is 18.1 Å². The molecule has 18 heavy (non-hydrogen) atoms. The molecule has 0 saturated carbocycles. The van der Waals surface area contributed by atoms with Crippen LogP contribution in [0.4, 0.5) is 10.2 Å². The van der Waals surface area contributed by atoms with E-state index in [0.29, 0.717) is 24.5 Å². The molecule has 0 bridgehead atoms. The highest BCUT2D eigenvalue weighted by molar-refractivity contribution is 5.48. The summed E-state index contributed by atoms with van der Waals surface area (Å²) in [4.78, 5) is 6.25. The van der Waals surface area contributed by atoms with E-state index in [1.807, 2.05) is 6.92 Å². The van der Waals surface area contributed by atoms with Gasteiger partial charge in [-0.25, -0.2) is 9.37 Å². The van der Waals surface area contributed by atoms with E-state index in [4.69, 9.17) is 4.74 Å². The Kier molecular flexibility index (Phi) is 4.14. The Bertz CT molecular complexity index is 414. The fraction of sp³-hybridized carbons (Fsp3) is 0.615. The van der Waals surface area contributed by atoms with Crippen molar-refractivity contribution >= 4 is 5.82 Å². The molecule has 2 heterocycles. The summed E-state index contributed by atoms with van der Waals surface area (Å²) in [6.45, 7) is 5.23. The van der Waals surface area contributed by atoms with Crippen molar-refractivity contribution in [3.05, 3.63) is 23.6 Å². The minimum Gasteiger partial charge on any atom is -0.392 e. The summed E-state index contributed by atoms with van der Waals surface area (Å²) in [5.74, 6) is 0.248. The van der Waals surface area contributed by atoms with Gasteiger partial charge in [0.2, 0.25) is 0 Å². The normalized spacial score (nSPS) is 24.3. The van der Waals surface area contributed by atoms with Gasteiger partial charge in [0.25, 0.3) is 0 Å². The largest absolute Gasteiger partial charge is 0.392 e. The van der Waals surface area contributed by atoms with Gasteiger partial charge >= 0.3 is 0 Å². The zero-order chi connectivity index (χ0) is 13.1. The average molecular weight is 254 g/mol. The summed E-state index contributed by atoms with van der Waals surface area (Å²) in [6, 6.07) is 1.57. The molecule has 0 spiro atoms. The number of aromatic nitrogens is 1. The highest BCUT2D eigenvalue weighted by Gasteiger charge is 2.28. The lowest BCUT2D eigenvalue weighted by molar-refractivity contribution is 0.0294. The molecule has 1 fully saturated rings. The van der Waals surface area contributed by atoms with Crippen LogP contribution < -0.4 is 4.90 Å². The lowest BCUT2D eigenvalue weighted by Crippen LogP contribution is -2.49. The molecular formula is C13H19FN2O2. The number of nitrogens with zero attached hydrogens (tertiary/aromatic N) is 2. The van der Waals surface area contributed by atoms with Crippen LogP contribution in [0.1, 0.15) is 25.8 Å². The van der Waals surface area contributed by atoms with Gasteiger partial charge in [-0.1, -0.05) is 6.92 Å². The molecule has 2 atom stereocenters. The van der Waals surface area contributed by atoms with Crippen molar-refractivity contribution in [2.24, 2.45) is 0 Å². The Morgan fingerprint density at radius 1 is 1.61 bits per heavy atom. The van der Waals surface area contributed by atoms with Crippen molar-refractivity contribution in [3.8, 4) is 0 Å². The Morgan fingerprint density at radius 3 is 3.06 bits per heavy atom. The molecule has 1 aliphatic heterocycles.